The number of hydrogen-bond donors (Lipinski definition) is 7. The summed E-state index contributed by atoms with van der Waals surface area (Å²) in [5, 5.41) is 62.5. The van der Waals surface area contributed by atoms with Crippen molar-refractivity contribution < 1.29 is 161 Å². The number of aliphatic hydroxyl groups excluding tert-OH is 1. The fraction of sp³-hybridized carbons (Fsp3) is 0.420. The number of aryl methyl sites for hydroxylation is 1. The van der Waals surface area contributed by atoms with Crippen molar-refractivity contribution >= 4 is 36.0 Å². The average molecular weight is 1440 g/mol. The largest absolute Gasteiger partial charge is 0.507 e. The zero-order valence-electron chi connectivity index (χ0n) is 40.7. The molecule has 0 aromatic heterocycles. The number of aromatic hydroxyl groups is 4. The zero-order valence-corrected chi connectivity index (χ0v) is 51.0. The van der Waals surface area contributed by atoms with Crippen LogP contribution in [-0.4, -0.2) is 126 Å². The van der Waals surface area contributed by atoms with Crippen molar-refractivity contribution in [1.82, 2.24) is 20.4 Å². The monoisotopic (exact) mass is 1440 g/mol. The number of benzene rings is 4. The fourth-order valence-corrected chi connectivity index (χ4v) is 13.4. The number of hydrogen-bond acceptors (Lipinski definition) is 19. The minimum Gasteiger partial charge on any atom is -0.507 e. The van der Waals surface area contributed by atoms with Crippen LogP contribution in [-0.2, 0) is 32.7 Å². The summed E-state index contributed by atoms with van der Waals surface area (Å²) in [5.41, 5.74) is 5.40. The van der Waals surface area contributed by atoms with Gasteiger partial charge in [-0.25, -0.2) is 4.79 Å². The fourth-order valence-electron chi connectivity index (χ4n) is 11.7. The number of piperazine rings is 1. The van der Waals surface area contributed by atoms with E-state index in [1.165, 1.54) is 38.1 Å². The standard InChI is InChI=1S/C37H41N3O10S.C13H13NO5.2Ac/c1-15-8-18-9-20-35(44)40-21-12-48-36(45)37(19-11-23(46-4)22(41)10-17(19)6-7-38-37)13-51-34(26-25(21)33-32(49-14-50-33)16(2)29(26)42)28(40)27(39(20)3)24(18)30(43)31(15)47-5;1-7-11(17)9(3-4-14-5-15)10(8(2)16)13-12(7)18-6-19-13;;/h8,10-11,20-21,27-28,34-35,38,41-44H,6-7,9,12-14H2,1-5H3;3-5,17H,6H2,1-2H3,(H,14,15);;/t20?,21?,27?,28?,34?,35?,37-;;;/m1.../s1. The summed E-state index contributed by atoms with van der Waals surface area (Å²) in [6.45, 7) is 7.00. The van der Waals surface area contributed by atoms with Crippen LogP contribution in [0.15, 0.2) is 24.4 Å². The van der Waals surface area contributed by atoms with Gasteiger partial charge in [-0.3, -0.25) is 24.7 Å². The van der Waals surface area contributed by atoms with Crippen molar-refractivity contribution in [3.63, 3.8) is 0 Å². The van der Waals surface area contributed by atoms with Crippen LogP contribution in [0.1, 0.15) is 90.2 Å². The molecule has 8 aliphatic heterocycles. The molecule has 4 aromatic rings. The Morgan fingerprint density at radius 1 is 0.889 bits per heavy atom. The number of carbonyl (C=O) groups excluding carboxylic acids is 3. The number of phenolic OH excluding ortho intramolecular Hbond substituents is 4. The van der Waals surface area contributed by atoms with Gasteiger partial charge < -0.3 is 64.0 Å². The van der Waals surface area contributed by atoms with Gasteiger partial charge in [-0.1, -0.05) is 6.07 Å². The van der Waals surface area contributed by atoms with Gasteiger partial charge in [0, 0.05) is 146 Å². The van der Waals surface area contributed by atoms with E-state index in [9.17, 15) is 39.9 Å². The molecule has 2 saturated heterocycles. The number of phenols is 4. The van der Waals surface area contributed by atoms with Crippen LogP contribution < -0.4 is 39.1 Å². The number of methoxy groups -OCH3 is 2. The Hall–Kier alpha value is -3.70. The van der Waals surface area contributed by atoms with Gasteiger partial charge in [0.15, 0.2) is 57.3 Å². The van der Waals surface area contributed by atoms with Gasteiger partial charge in [-0.2, -0.15) is 0 Å². The number of nitrogens with zero attached hydrogens (tertiary/aromatic N) is 2. The first-order valence-electron chi connectivity index (χ1n) is 22.8. The summed E-state index contributed by atoms with van der Waals surface area (Å²) in [7, 11) is 4.97. The Kier molecular flexibility index (Phi) is 16.0. The predicted molar refractivity (Wildman–Crippen MR) is 252 cm³/mol. The number of carbonyl (C=O) groups is 3. The van der Waals surface area contributed by atoms with E-state index in [2.05, 4.69) is 15.5 Å². The molecule has 7 atom stereocenters. The Morgan fingerprint density at radius 2 is 1.57 bits per heavy atom. The van der Waals surface area contributed by atoms with Crippen molar-refractivity contribution in [2.24, 2.45) is 0 Å². The molecule has 4 aromatic carbocycles. The van der Waals surface area contributed by atoms with E-state index in [1.54, 1.807) is 33.1 Å². The molecular weight excluding hydrogens is 1380 g/mol. The Balaban J connectivity index is 0.000000280. The molecule has 19 nitrogen and oxygen atoms in total. The molecule has 12 rings (SSSR count). The maximum Gasteiger partial charge on any atom is 0.331 e. The van der Waals surface area contributed by atoms with Crippen LogP contribution in [0.25, 0.3) is 6.08 Å². The van der Waals surface area contributed by atoms with Crippen LogP contribution in [0.2, 0.25) is 0 Å². The summed E-state index contributed by atoms with van der Waals surface area (Å²) in [4.78, 5) is 40.7. The van der Waals surface area contributed by atoms with E-state index in [4.69, 9.17) is 33.2 Å². The Morgan fingerprint density at radius 3 is 2.25 bits per heavy atom. The second-order valence-electron chi connectivity index (χ2n) is 18.4. The number of thioether (sulfide) groups is 1. The van der Waals surface area contributed by atoms with Crippen molar-refractivity contribution in [3.8, 4) is 57.5 Å². The molecule has 2 fully saturated rings. The molecule has 7 N–H and O–H groups in total. The van der Waals surface area contributed by atoms with E-state index < -0.39 is 41.1 Å². The van der Waals surface area contributed by atoms with Crippen molar-refractivity contribution in [3.05, 3.63) is 85.6 Å². The Bertz CT molecular complexity index is 2920. The number of aliphatic hydroxyl groups is 1. The van der Waals surface area contributed by atoms with E-state index in [1.807, 2.05) is 24.9 Å². The maximum absolute atomic E-state index is 14.6. The van der Waals surface area contributed by atoms with Gasteiger partial charge in [-0.15, -0.1) is 11.8 Å². The van der Waals surface area contributed by atoms with E-state index in [-0.39, 0.29) is 160 Å². The number of likely N-dealkylation sites (N-methyl/N-ethyl adjacent to an activating group) is 1. The molecular formula is C50H54Ac2N4O15S. The van der Waals surface area contributed by atoms with Gasteiger partial charge in [0.25, 0.3) is 0 Å². The molecule has 2 radical (unpaired) electrons. The van der Waals surface area contributed by atoms with Gasteiger partial charge in [-0.05, 0) is 88.0 Å². The number of fused-ring (bicyclic) bond motifs is 10. The molecule has 0 saturated carbocycles. The van der Waals surface area contributed by atoms with Crippen LogP contribution in [0.4, 0.5) is 0 Å². The normalized spacial score (nSPS) is 25.0. The summed E-state index contributed by atoms with van der Waals surface area (Å²) in [6, 6.07) is 3.30. The van der Waals surface area contributed by atoms with Crippen molar-refractivity contribution in [2.75, 3.05) is 53.8 Å². The summed E-state index contributed by atoms with van der Waals surface area (Å²) in [6.07, 6.45) is 3.30. The first-order valence-corrected chi connectivity index (χ1v) is 23.8. The minimum atomic E-state index is -1.32. The van der Waals surface area contributed by atoms with Crippen molar-refractivity contribution in [1.29, 1.82) is 0 Å². The summed E-state index contributed by atoms with van der Waals surface area (Å²) in [5.74, 6) is 1.69. The quantitative estimate of drug-likeness (QED) is 0.0796. The molecule has 0 aliphatic carbocycles. The predicted octanol–water partition coefficient (Wildman–Crippen LogP) is 4.54. The topological polar surface area (TPSA) is 248 Å². The molecule has 1 spiro atoms. The van der Waals surface area contributed by atoms with Crippen LogP contribution in [0.5, 0.6) is 57.5 Å². The average Bonchev–Trinajstić information content (AvgIpc) is 4.04. The third kappa shape index (κ3) is 8.42. The van der Waals surface area contributed by atoms with E-state index in [0.29, 0.717) is 93.5 Å². The smallest absolute Gasteiger partial charge is 0.331 e. The molecule has 8 heterocycles. The molecule has 1 amide bonds. The van der Waals surface area contributed by atoms with E-state index >= 15 is 0 Å². The Labute approximate surface area is 490 Å². The number of amides is 1. The third-order valence-corrected chi connectivity index (χ3v) is 16.3. The number of ketones is 1. The molecule has 4 bridgehead atoms. The van der Waals surface area contributed by atoms with Gasteiger partial charge in [0.1, 0.15) is 24.3 Å². The third-order valence-electron chi connectivity index (χ3n) is 14.9. The van der Waals surface area contributed by atoms with Crippen LogP contribution in [0.3, 0.4) is 0 Å². The second-order valence-corrected chi connectivity index (χ2v) is 19.5. The molecule has 22 heteroatoms. The number of rotatable bonds is 6. The molecule has 8 aliphatic rings. The van der Waals surface area contributed by atoms with Crippen molar-refractivity contribution in [2.45, 2.75) is 81.7 Å². The maximum atomic E-state index is 14.6. The number of ether oxygens (including phenoxy) is 7. The van der Waals surface area contributed by atoms with Crippen LogP contribution in [0, 0.1) is 109 Å². The molecule has 72 heavy (non-hydrogen) atoms. The number of esters is 1. The SMILES string of the molecule is CC(=O)c1c(C=CNC=O)c(O)c(C)c2c1OCO2.COc1cc2c(cc1O)CCN[C@]21CSC2c3c(O)c(C)c4c(c3C(COC1=O)N1C(O)C3Cc5cc(C)c(OC)c(O)c5C(C21)N3C)OCO4.[Ac].[Ac]. The second kappa shape index (κ2) is 21.1. The van der Waals surface area contributed by atoms with E-state index in [0.717, 1.165) is 16.7 Å². The van der Waals surface area contributed by atoms with Crippen LogP contribution >= 0.6 is 11.8 Å². The van der Waals surface area contributed by atoms with Gasteiger partial charge >= 0.3 is 5.97 Å². The first-order chi connectivity index (χ1) is 33.6. The zero-order chi connectivity index (χ0) is 49.7. The summed E-state index contributed by atoms with van der Waals surface area (Å²) >= 11 is 1.47. The minimum absolute atomic E-state index is 0. The number of Topliss-reactive ketones (excluding diaryl/α,β-unsaturated/α-hetero) is 1. The number of nitrogens with one attached hydrogen (secondary N) is 2. The van der Waals surface area contributed by atoms with Gasteiger partial charge in [0.05, 0.1) is 43.2 Å². The summed E-state index contributed by atoms with van der Waals surface area (Å²) < 4.78 is 40.1. The first kappa shape index (κ1) is 54.6. The molecule has 376 valence electrons. The molecule has 6 unspecified atom stereocenters. The van der Waals surface area contributed by atoms with Gasteiger partial charge in [0.2, 0.25) is 20.0 Å².